The zero-order valence-electron chi connectivity index (χ0n) is 7.63. The van der Waals surface area contributed by atoms with E-state index in [1.807, 2.05) is 0 Å². The summed E-state index contributed by atoms with van der Waals surface area (Å²) in [6.45, 7) is 0.220. The number of hydrogen-bond acceptors (Lipinski definition) is 3. The van der Waals surface area contributed by atoms with Crippen molar-refractivity contribution in [1.82, 2.24) is 0 Å². The lowest BCUT2D eigenvalue weighted by molar-refractivity contribution is 0.372. The Morgan fingerprint density at radius 1 is 1.31 bits per heavy atom. The molecule has 0 bridgehead atoms. The zero-order valence-corrected chi connectivity index (χ0v) is 7.63. The summed E-state index contributed by atoms with van der Waals surface area (Å²) in [7, 11) is 2.88. The first kappa shape index (κ1) is 9.80. The van der Waals surface area contributed by atoms with E-state index in [9.17, 15) is 4.39 Å². The Kier molecular flexibility index (Phi) is 3.08. The van der Waals surface area contributed by atoms with E-state index in [4.69, 9.17) is 15.2 Å². The van der Waals surface area contributed by atoms with Crippen LogP contribution in [0.5, 0.6) is 11.5 Å². The highest BCUT2D eigenvalue weighted by Crippen LogP contribution is 2.27. The normalized spacial score (nSPS) is 9.85. The first-order chi connectivity index (χ1) is 6.22. The summed E-state index contributed by atoms with van der Waals surface area (Å²) < 4.78 is 23.0. The van der Waals surface area contributed by atoms with E-state index in [-0.39, 0.29) is 12.3 Å². The number of methoxy groups -OCH3 is 2. The third-order valence-electron chi connectivity index (χ3n) is 1.75. The minimum Gasteiger partial charge on any atom is -0.497 e. The number of benzene rings is 1. The van der Waals surface area contributed by atoms with Crippen molar-refractivity contribution in [2.45, 2.75) is 6.54 Å². The maximum Gasteiger partial charge on any atom is 0.169 e. The Balaban J connectivity index is 3.20. The maximum absolute atomic E-state index is 13.2. The van der Waals surface area contributed by atoms with Crippen molar-refractivity contribution < 1.29 is 13.9 Å². The monoisotopic (exact) mass is 185 g/mol. The number of hydrogen-bond donors (Lipinski definition) is 1. The summed E-state index contributed by atoms with van der Waals surface area (Å²) in [5.74, 6) is 0.171. The molecule has 0 amide bonds. The van der Waals surface area contributed by atoms with Crippen molar-refractivity contribution in [2.24, 2.45) is 5.73 Å². The van der Waals surface area contributed by atoms with Crippen LogP contribution in [0.4, 0.5) is 4.39 Å². The van der Waals surface area contributed by atoms with Crippen molar-refractivity contribution in [1.29, 1.82) is 0 Å². The quantitative estimate of drug-likeness (QED) is 0.772. The lowest BCUT2D eigenvalue weighted by atomic mass is 10.2. The predicted molar refractivity (Wildman–Crippen MR) is 47.4 cm³/mol. The van der Waals surface area contributed by atoms with E-state index < -0.39 is 5.82 Å². The maximum atomic E-state index is 13.2. The fraction of sp³-hybridized carbons (Fsp3) is 0.333. The van der Waals surface area contributed by atoms with Gasteiger partial charge in [-0.1, -0.05) is 0 Å². The Morgan fingerprint density at radius 3 is 2.46 bits per heavy atom. The lowest BCUT2D eigenvalue weighted by Crippen LogP contribution is -2.02. The molecule has 0 aliphatic heterocycles. The van der Waals surface area contributed by atoms with Gasteiger partial charge in [-0.05, 0) is 6.07 Å². The fourth-order valence-electron chi connectivity index (χ4n) is 1.12. The van der Waals surface area contributed by atoms with E-state index in [0.29, 0.717) is 11.3 Å². The number of nitrogens with two attached hydrogens (primary N) is 1. The molecule has 0 radical (unpaired) electrons. The molecule has 0 fully saturated rings. The minimum atomic E-state index is -0.456. The van der Waals surface area contributed by atoms with Crippen LogP contribution in [0.25, 0.3) is 0 Å². The molecule has 0 heterocycles. The van der Waals surface area contributed by atoms with E-state index in [2.05, 4.69) is 0 Å². The van der Waals surface area contributed by atoms with Crippen molar-refractivity contribution in [3.05, 3.63) is 23.5 Å². The molecule has 72 valence electrons. The molecule has 0 aromatic heterocycles. The largest absolute Gasteiger partial charge is 0.497 e. The molecule has 0 aliphatic carbocycles. The first-order valence-corrected chi connectivity index (χ1v) is 3.83. The van der Waals surface area contributed by atoms with Gasteiger partial charge >= 0.3 is 0 Å². The molecule has 0 aliphatic rings. The Morgan fingerprint density at radius 2 is 2.00 bits per heavy atom. The van der Waals surface area contributed by atoms with Crippen LogP contribution in [-0.4, -0.2) is 14.2 Å². The second-order valence-corrected chi connectivity index (χ2v) is 2.51. The van der Waals surface area contributed by atoms with Gasteiger partial charge in [0.15, 0.2) is 11.6 Å². The predicted octanol–water partition coefficient (Wildman–Crippen LogP) is 1.30. The highest BCUT2D eigenvalue weighted by molar-refractivity contribution is 5.41. The van der Waals surface area contributed by atoms with Crippen LogP contribution < -0.4 is 15.2 Å². The van der Waals surface area contributed by atoms with Gasteiger partial charge in [0.05, 0.1) is 14.2 Å². The van der Waals surface area contributed by atoms with E-state index in [1.54, 1.807) is 6.07 Å². The van der Waals surface area contributed by atoms with E-state index in [0.717, 1.165) is 0 Å². The molecule has 3 nitrogen and oxygen atoms in total. The average Bonchev–Trinajstić information content (AvgIpc) is 2.16. The standard InChI is InChI=1S/C9H12FNO2/c1-12-7-3-6(5-11)9(13-2)8(10)4-7/h3-4H,5,11H2,1-2H3. The van der Waals surface area contributed by atoms with Crippen molar-refractivity contribution in [3.8, 4) is 11.5 Å². The van der Waals surface area contributed by atoms with Gasteiger partial charge < -0.3 is 15.2 Å². The van der Waals surface area contributed by atoms with E-state index in [1.165, 1.54) is 20.3 Å². The van der Waals surface area contributed by atoms with Gasteiger partial charge in [-0.3, -0.25) is 0 Å². The highest BCUT2D eigenvalue weighted by Gasteiger charge is 2.10. The molecule has 2 N–H and O–H groups in total. The highest BCUT2D eigenvalue weighted by atomic mass is 19.1. The molecule has 0 unspecified atom stereocenters. The number of halogens is 1. The summed E-state index contributed by atoms with van der Waals surface area (Å²) >= 11 is 0. The second kappa shape index (κ2) is 4.09. The van der Waals surface area contributed by atoms with Gasteiger partial charge in [-0.2, -0.15) is 0 Å². The van der Waals surface area contributed by atoms with Crippen LogP contribution in [0.1, 0.15) is 5.56 Å². The molecule has 0 spiro atoms. The van der Waals surface area contributed by atoms with Crippen molar-refractivity contribution in [2.75, 3.05) is 14.2 Å². The smallest absolute Gasteiger partial charge is 0.169 e. The summed E-state index contributed by atoms with van der Waals surface area (Å²) in [6.07, 6.45) is 0. The molecule has 0 saturated heterocycles. The Labute approximate surface area is 76.3 Å². The molecule has 0 atom stereocenters. The van der Waals surface area contributed by atoms with Gasteiger partial charge in [0.25, 0.3) is 0 Å². The van der Waals surface area contributed by atoms with Crippen molar-refractivity contribution in [3.63, 3.8) is 0 Å². The zero-order chi connectivity index (χ0) is 9.84. The van der Waals surface area contributed by atoms with Gasteiger partial charge in [-0.25, -0.2) is 4.39 Å². The third-order valence-corrected chi connectivity index (χ3v) is 1.75. The first-order valence-electron chi connectivity index (χ1n) is 3.83. The Bertz CT molecular complexity index is 302. The van der Waals surface area contributed by atoms with Crippen LogP contribution in [0.15, 0.2) is 12.1 Å². The lowest BCUT2D eigenvalue weighted by Gasteiger charge is -2.09. The molecule has 1 rings (SSSR count). The summed E-state index contributed by atoms with van der Waals surface area (Å²) in [6, 6.07) is 2.92. The van der Waals surface area contributed by atoms with Crippen LogP contribution in [0.3, 0.4) is 0 Å². The summed E-state index contributed by atoms with van der Waals surface area (Å²) in [4.78, 5) is 0. The fourth-order valence-corrected chi connectivity index (χ4v) is 1.12. The van der Waals surface area contributed by atoms with E-state index >= 15 is 0 Å². The molecule has 4 heteroatoms. The summed E-state index contributed by atoms with van der Waals surface area (Å²) in [5, 5.41) is 0. The minimum absolute atomic E-state index is 0.184. The van der Waals surface area contributed by atoms with Crippen molar-refractivity contribution >= 4 is 0 Å². The molecule has 1 aromatic rings. The number of ether oxygens (including phenoxy) is 2. The topological polar surface area (TPSA) is 44.5 Å². The molecule has 13 heavy (non-hydrogen) atoms. The molecule has 0 saturated carbocycles. The van der Waals surface area contributed by atoms with Crippen LogP contribution in [0, 0.1) is 5.82 Å². The molecular formula is C9H12FNO2. The van der Waals surface area contributed by atoms with Gasteiger partial charge in [-0.15, -0.1) is 0 Å². The van der Waals surface area contributed by atoms with Crippen LogP contribution in [0.2, 0.25) is 0 Å². The SMILES string of the molecule is COc1cc(F)c(OC)c(CN)c1. The van der Waals surface area contributed by atoms with Crippen LogP contribution >= 0.6 is 0 Å². The molecule has 1 aromatic carbocycles. The summed E-state index contributed by atoms with van der Waals surface area (Å²) in [5.41, 5.74) is 6.01. The third kappa shape index (κ3) is 1.89. The number of rotatable bonds is 3. The second-order valence-electron chi connectivity index (χ2n) is 2.51. The Hall–Kier alpha value is -1.29. The van der Waals surface area contributed by atoms with Gasteiger partial charge in [0, 0.05) is 18.2 Å². The average molecular weight is 185 g/mol. The van der Waals surface area contributed by atoms with Gasteiger partial charge in [0.2, 0.25) is 0 Å². The van der Waals surface area contributed by atoms with Gasteiger partial charge in [0.1, 0.15) is 5.75 Å². The van der Waals surface area contributed by atoms with Crippen LogP contribution in [-0.2, 0) is 6.54 Å². The molecular weight excluding hydrogens is 173 g/mol.